The van der Waals surface area contributed by atoms with E-state index in [0.717, 1.165) is 11.3 Å². The van der Waals surface area contributed by atoms with Gasteiger partial charge in [0, 0.05) is 48.9 Å². The molecule has 1 heterocycles. The number of piperazine rings is 1. The van der Waals surface area contributed by atoms with Crippen molar-refractivity contribution in [2.45, 2.75) is 39.3 Å². The summed E-state index contributed by atoms with van der Waals surface area (Å²) in [5.74, 6) is 0.519. The van der Waals surface area contributed by atoms with Crippen molar-refractivity contribution in [2.75, 3.05) is 26.2 Å². The third kappa shape index (κ3) is 6.41. The van der Waals surface area contributed by atoms with Crippen molar-refractivity contribution in [1.29, 1.82) is 0 Å². The summed E-state index contributed by atoms with van der Waals surface area (Å²) in [5, 5.41) is 0.438. The summed E-state index contributed by atoms with van der Waals surface area (Å²) in [6.45, 7) is 9.91. The van der Waals surface area contributed by atoms with Gasteiger partial charge in [-0.05, 0) is 52.9 Å². The van der Waals surface area contributed by atoms with Crippen molar-refractivity contribution in [3.63, 3.8) is 0 Å². The molecule has 3 aromatic rings. The molecule has 184 valence electrons. The van der Waals surface area contributed by atoms with E-state index < -0.39 is 0 Å². The van der Waals surface area contributed by atoms with Crippen molar-refractivity contribution < 1.29 is 13.9 Å². The largest absolute Gasteiger partial charge is 0.489 e. The molecule has 4 rings (SSSR count). The Bertz CT molecular complexity index is 1150. The lowest BCUT2D eigenvalue weighted by Crippen LogP contribution is -2.48. The second kappa shape index (κ2) is 10.8. The molecule has 6 heteroatoms. The van der Waals surface area contributed by atoms with Crippen LogP contribution in [0, 0.1) is 5.82 Å². The lowest BCUT2D eigenvalue weighted by atomic mass is 9.87. The zero-order valence-corrected chi connectivity index (χ0v) is 21.3. The van der Waals surface area contributed by atoms with Crippen molar-refractivity contribution in [3.8, 4) is 5.75 Å². The summed E-state index contributed by atoms with van der Waals surface area (Å²) in [5.41, 5.74) is 3.47. The van der Waals surface area contributed by atoms with E-state index in [2.05, 4.69) is 37.8 Å². The lowest BCUT2D eigenvalue weighted by Gasteiger charge is -2.35. The second-order valence-corrected chi connectivity index (χ2v) is 10.4. The van der Waals surface area contributed by atoms with Gasteiger partial charge in [-0.2, -0.15) is 0 Å². The van der Waals surface area contributed by atoms with Gasteiger partial charge in [-0.1, -0.05) is 62.7 Å². The summed E-state index contributed by atoms with van der Waals surface area (Å²) in [6, 6.07) is 20.5. The molecule has 3 aromatic carbocycles. The molecule has 1 aliphatic rings. The fourth-order valence-electron chi connectivity index (χ4n) is 4.21. The highest BCUT2D eigenvalue weighted by molar-refractivity contribution is 6.31. The maximum absolute atomic E-state index is 14.1. The van der Waals surface area contributed by atoms with E-state index in [1.54, 1.807) is 12.1 Å². The third-order valence-electron chi connectivity index (χ3n) is 6.40. The molecule has 0 aliphatic carbocycles. The van der Waals surface area contributed by atoms with Gasteiger partial charge in [-0.25, -0.2) is 4.39 Å². The number of hydrogen-bond donors (Lipinski definition) is 0. The van der Waals surface area contributed by atoms with Crippen LogP contribution in [0.3, 0.4) is 0 Å². The Labute approximate surface area is 212 Å². The Morgan fingerprint density at radius 1 is 0.971 bits per heavy atom. The average Bonchev–Trinajstić information content (AvgIpc) is 2.85. The van der Waals surface area contributed by atoms with E-state index in [1.807, 2.05) is 41.3 Å². The van der Waals surface area contributed by atoms with Crippen LogP contribution in [0.15, 0.2) is 66.7 Å². The second-order valence-electron chi connectivity index (χ2n) is 10.0. The minimum absolute atomic E-state index is 0.00459. The number of amides is 1. The zero-order chi connectivity index (χ0) is 25.0. The van der Waals surface area contributed by atoms with Crippen LogP contribution in [0.5, 0.6) is 5.75 Å². The Kier molecular flexibility index (Phi) is 7.78. The molecule has 1 aliphatic heterocycles. The molecule has 0 N–H and O–H groups in total. The summed E-state index contributed by atoms with van der Waals surface area (Å²) in [6.07, 6.45) is 0. The van der Waals surface area contributed by atoms with E-state index in [9.17, 15) is 9.18 Å². The number of halogens is 2. The Hall–Kier alpha value is -2.89. The van der Waals surface area contributed by atoms with Crippen molar-refractivity contribution in [3.05, 3.63) is 99.8 Å². The number of ether oxygens (including phenoxy) is 1. The number of carbonyl (C=O) groups is 1. The number of carbonyl (C=O) groups excluding carboxylic acids is 1. The predicted octanol–water partition coefficient (Wildman–Crippen LogP) is 6.31. The monoisotopic (exact) mass is 494 g/mol. The van der Waals surface area contributed by atoms with Gasteiger partial charge >= 0.3 is 0 Å². The van der Waals surface area contributed by atoms with Crippen LogP contribution in [-0.2, 0) is 18.6 Å². The van der Waals surface area contributed by atoms with Gasteiger partial charge in [0.25, 0.3) is 5.91 Å². The topological polar surface area (TPSA) is 32.8 Å². The molecule has 0 radical (unpaired) electrons. The SMILES string of the molecule is CC(C)(C)c1ccc(OCc2cccc(C(=O)N3CCN(Cc4c(F)cccc4Cl)CC3)c2)cc1. The van der Waals surface area contributed by atoms with Crippen LogP contribution >= 0.6 is 11.6 Å². The van der Waals surface area contributed by atoms with Gasteiger partial charge < -0.3 is 9.64 Å². The first kappa shape index (κ1) is 25.2. The first-order valence-electron chi connectivity index (χ1n) is 12.0. The molecule has 0 aromatic heterocycles. The summed E-state index contributed by atoms with van der Waals surface area (Å²) >= 11 is 6.17. The molecule has 0 saturated carbocycles. The van der Waals surface area contributed by atoms with Crippen LogP contribution in [0.1, 0.15) is 47.8 Å². The standard InChI is InChI=1S/C29H32ClFN2O2/c1-29(2,3)23-10-12-24(13-11-23)35-20-21-6-4-7-22(18-21)28(34)33-16-14-32(15-17-33)19-25-26(30)8-5-9-27(25)31/h4-13,18H,14-17,19-20H2,1-3H3. The smallest absolute Gasteiger partial charge is 0.253 e. The van der Waals surface area contributed by atoms with Crippen molar-refractivity contribution in [2.24, 2.45) is 0 Å². The van der Waals surface area contributed by atoms with Crippen LogP contribution in [0.2, 0.25) is 5.02 Å². The molecule has 0 bridgehead atoms. The summed E-state index contributed by atoms with van der Waals surface area (Å²) in [4.78, 5) is 17.1. The fourth-order valence-corrected chi connectivity index (χ4v) is 4.43. The van der Waals surface area contributed by atoms with E-state index in [4.69, 9.17) is 16.3 Å². The van der Waals surface area contributed by atoms with E-state index in [0.29, 0.717) is 55.5 Å². The lowest BCUT2D eigenvalue weighted by molar-refractivity contribution is 0.0627. The first-order valence-corrected chi connectivity index (χ1v) is 12.4. The minimum atomic E-state index is -0.291. The molecule has 0 spiro atoms. The summed E-state index contributed by atoms with van der Waals surface area (Å²) in [7, 11) is 0. The van der Waals surface area contributed by atoms with Crippen molar-refractivity contribution >= 4 is 17.5 Å². The van der Waals surface area contributed by atoms with Gasteiger partial charge in [0.05, 0.1) is 0 Å². The molecule has 4 nitrogen and oxygen atoms in total. The molecule has 1 fully saturated rings. The van der Waals surface area contributed by atoms with Crippen molar-refractivity contribution in [1.82, 2.24) is 9.80 Å². The average molecular weight is 495 g/mol. The normalized spacial score (nSPS) is 14.7. The highest BCUT2D eigenvalue weighted by atomic mass is 35.5. The molecular weight excluding hydrogens is 463 g/mol. The fraction of sp³-hybridized carbons (Fsp3) is 0.345. The Morgan fingerprint density at radius 2 is 1.66 bits per heavy atom. The number of nitrogens with zero attached hydrogens (tertiary/aromatic N) is 2. The van der Waals surface area contributed by atoms with Crippen LogP contribution < -0.4 is 4.74 Å². The maximum atomic E-state index is 14.1. The number of rotatable bonds is 6. The third-order valence-corrected chi connectivity index (χ3v) is 6.76. The Morgan fingerprint density at radius 3 is 2.31 bits per heavy atom. The highest BCUT2D eigenvalue weighted by Gasteiger charge is 2.23. The van der Waals surface area contributed by atoms with Crippen LogP contribution in [-0.4, -0.2) is 41.9 Å². The van der Waals surface area contributed by atoms with Gasteiger partial charge in [0.15, 0.2) is 0 Å². The molecule has 1 saturated heterocycles. The number of benzene rings is 3. The molecule has 0 unspecified atom stereocenters. The van der Waals surface area contributed by atoms with Gasteiger partial charge in [-0.3, -0.25) is 9.69 Å². The van der Waals surface area contributed by atoms with Gasteiger partial charge in [-0.15, -0.1) is 0 Å². The quantitative estimate of drug-likeness (QED) is 0.402. The van der Waals surface area contributed by atoms with Gasteiger partial charge in [0.2, 0.25) is 0 Å². The molecule has 0 atom stereocenters. The predicted molar refractivity (Wildman–Crippen MR) is 139 cm³/mol. The summed E-state index contributed by atoms with van der Waals surface area (Å²) < 4.78 is 20.1. The van der Waals surface area contributed by atoms with Crippen LogP contribution in [0.25, 0.3) is 0 Å². The minimum Gasteiger partial charge on any atom is -0.489 e. The molecule has 1 amide bonds. The Balaban J connectivity index is 1.32. The van der Waals surface area contributed by atoms with Gasteiger partial charge in [0.1, 0.15) is 18.2 Å². The number of hydrogen-bond acceptors (Lipinski definition) is 3. The first-order chi connectivity index (χ1) is 16.7. The zero-order valence-electron chi connectivity index (χ0n) is 20.6. The highest BCUT2D eigenvalue weighted by Crippen LogP contribution is 2.25. The van der Waals surface area contributed by atoms with E-state index in [-0.39, 0.29) is 17.1 Å². The molecule has 35 heavy (non-hydrogen) atoms. The van der Waals surface area contributed by atoms with E-state index in [1.165, 1.54) is 11.6 Å². The maximum Gasteiger partial charge on any atom is 0.253 e. The van der Waals surface area contributed by atoms with Crippen LogP contribution in [0.4, 0.5) is 4.39 Å². The molecular formula is C29H32ClFN2O2. The van der Waals surface area contributed by atoms with E-state index >= 15 is 0 Å².